The van der Waals surface area contributed by atoms with E-state index < -0.39 is 6.10 Å². The van der Waals surface area contributed by atoms with E-state index in [0.717, 1.165) is 96.3 Å². The summed E-state index contributed by atoms with van der Waals surface area (Å²) in [5.41, 5.74) is 0. The van der Waals surface area contributed by atoms with E-state index in [9.17, 15) is 14.4 Å². The summed E-state index contributed by atoms with van der Waals surface area (Å²) >= 11 is 0. The first kappa shape index (κ1) is 77.9. The Kier molecular flexibility index (Phi) is 66.6. The third-order valence-electron chi connectivity index (χ3n) is 15.7. The highest BCUT2D eigenvalue weighted by Gasteiger charge is 2.19. The maximum Gasteiger partial charge on any atom is 0.306 e. The molecule has 0 saturated carbocycles. The number of carbonyl (C=O) groups excluding carboxylic acids is 3. The summed E-state index contributed by atoms with van der Waals surface area (Å²) < 4.78 is 17.0. The van der Waals surface area contributed by atoms with Crippen LogP contribution < -0.4 is 0 Å². The van der Waals surface area contributed by atoms with Crippen molar-refractivity contribution in [1.29, 1.82) is 0 Å². The zero-order chi connectivity index (χ0) is 58.5. The van der Waals surface area contributed by atoms with Crippen LogP contribution in [0.15, 0.2) is 72.9 Å². The van der Waals surface area contributed by atoms with Crippen LogP contribution in [0.5, 0.6) is 0 Å². The van der Waals surface area contributed by atoms with E-state index in [-0.39, 0.29) is 31.1 Å². The lowest BCUT2D eigenvalue weighted by molar-refractivity contribution is -0.167. The van der Waals surface area contributed by atoms with Crippen molar-refractivity contribution in [2.24, 2.45) is 0 Å². The normalized spacial score (nSPS) is 12.5. The van der Waals surface area contributed by atoms with Gasteiger partial charge in [0.2, 0.25) is 0 Å². The zero-order valence-corrected chi connectivity index (χ0v) is 54.1. The molecule has 6 nitrogen and oxygen atoms in total. The van der Waals surface area contributed by atoms with E-state index in [1.807, 2.05) is 0 Å². The summed E-state index contributed by atoms with van der Waals surface area (Å²) in [5, 5.41) is 0. The van der Waals surface area contributed by atoms with E-state index in [2.05, 4.69) is 93.7 Å². The topological polar surface area (TPSA) is 78.9 Å². The van der Waals surface area contributed by atoms with Crippen molar-refractivity contribution in [3.05, 3.63) is 72.9 Å². The molecule has 0 bridgehead atoms. The highest BCUT2D eigenvalue weighted by atomic mass is 16.6. The lowest BCUT2D eigenvalue weighted by atomic mass is 10.0. The monoisotopic (exact) mass is 1130 g/mol. The Labute approximate surface area is 503 Å². The molecule has 81 heavy (non-hydrogen) atoms. The molecule has 0 radical (unpaired) electrons. The van der Waals surface area contributed by atoms with Crippen LogP contribution in [0, 0.1) is 0 Å². The largest absolute Gasteiger partial charge is 0.462 e. The fraction of sp³-hybridized carbons (Fsp3) is 0.800. The molecule has 0 amide bonds. The number of esters is 3. The summed E-state index contributed by atoms with van der Waals surface area (Å²) in [6.45, 7) is 6.57. The summed E-state index contributed by atoms with van der Waals surface area (Å²) in [4.78, 5) is 38.5. The zero-order valence-electron chi connectivity index (χ0n) is 54.1. The van der Waals surface area contributed by atoms with Gasteiger partial charge in [0, 0.05) is 19.3 Å². The lowest BCUT2D eigenvalue weighted by Gasteiger charge is -2.18. The highest BCUT2D eigenvalue weighted by molar-refractivity contribution is 5.71. The molecule has 470 valence electrons. The Hall–Kier alpha value is -3.15. The van der Waals surface area contributed by atoms with Gasteiger partial charge in [-0.15, -0.1) is 0 Å². The maximum atomic E-state index is 13.0. The van der Waals surface area contributed by atoms with Crippen LogP contribution in [0.4, 0.5) is 0 Å². The van der Waals surface area contributed by atoms with Crippen LogP contribution in [-0.4, -0.2) is 37.2 Å². The van der Waals surface area contributed by atoms with E-state index in [0.29, 0.717) is 19.3 Å². The van der Waals surface area contributed by atoms with Crippen molar-refractivity contribution >= 4 is 17.9 Å². The Morgan fingerprint density at radius 2 is 0.481 bits per heavy atom. The minimum atomic E-state index is -0.782. The molecule has 0 saturated heterocycles. The molecule has 6 heteroatoms. The van der Waals surface area contributed by atoms with Crippen LogP contribution in [0.25, 0.3) is 0 Å². The highest BCUT2D eigenvalue weighted by Crippen LogP contribution is 2.18. The van der Waals surface area contributed by atoms with E-state index in [1.54, 1.807) is 0 Å². The van der Waals surface area contributed by atoms with Crippen molar-refractivity contribution < 1.29 is 28.6 Å². The lowest BCUT2D eigenvalue weighted by Crippen LogP contribution is -2.30. The number of hydrogen-bond acceptors (Lipinski definition) is 6. The van der Waals surface area contributed by atoms with Gasteiger partial charge in [0.05, 0.1) is 0 Å². The molecule has 0 aliphatic carbocycles. The van der Waals surface area contributed by atoms with Crippen LogP contribution in [-0.2, 0) is 28.6 Å². The maximum absolute atomic E-state index is 13.0. The van der Waals surface area contributed by atoms with E-state index >= 15 is 0 Å². The molecule has 1 unspecified atom stereocenters. The minimum Gasteiger partial charge on any atom is -0.462 e. The van der Waals surface area contributed by atoms with Gasteiger partial charge in [-0.05, 0) is 89.9 Å². The Bertz CT molecular complexity index is 1490. The second-order valence-electron chi connectivity index (χ2n) is 23.8. The molecule has 0 spiro atoms. The average molecular weight is 1130 g/mol. The fourth-order valence-electron chi connectivity index (χ4n) is 10.4. The van der Waals surface area contributed by atoms with E-state index in [1.165, 1.54) is 231 Å². The Morgan fingerprint density at radius 3 is 0.765 bits per heavy atom. The second kappa shape index (κ2) is 69.3. The molecule has 0 N–H and O–H groups in total. The molecule has 0 aromatic rings. The first-order valence-corrected chi connectivity index (χ1v) is 35.4. The van der Waals surface area contributed by atoms with Gasteiger partial charge < -0.3 is 14.2 Å². The fourth-order valence-corrected chi connectivity index (χ4v) is 10.4. The molecular formula is C75H134O6. The van der Waals surface area contributed by atoms with Crippen molar-refractivity contribution in [3.63, 3.8) is 0 Å². The standard InChI is InChI=1S/C75H134O6/c1-4-7-10-13-16-19-22-25-28-31-33-35-37-39-41-44-47-50-53-56-59-62-65-68-74(77)80-71-72(70-79-73(76)67-64-61-58-55-52-49-46-43-30-27-24-21-18-15-12-9-6-3)81-75(78)69-66-63-60-57-54-51-48-45-42-40-38-36-34-32-29-26-23-20-17-14-11-8-5-2/h7,10,16,19,25,27-28,30,33,35,39,41,72H,4-6,8-9,11-15,17-18,20-24,26,29,31-32,34,36-38,40,42-71H2,1-3H3/b10-7-,19-16-,28-25-,30-27-,35-33-,41-39-. The molecule has 0 heterocycles. The Morgan fingerprint density at radius 1 is 0.259 bits per heavy atom. The molecule has 0 fully saturated rings. The van der Waals surface area contributed by atoms with Crippen molar-refractivity contribution in [1.82, 2.24) is 0 Å². The Balaban J connectivity index is 4.35. The van der Waals surface area contributed by atoms with E-state index in [4.69, 9.17) is 14.2 Å². The molecular weight excluding hydrogens is 997 g/mol. The van der Waals surface area contributed by atoms with Gasteiger partial charge >= 0.3 is 17.9 Å². The van der Waals surface area contributed by atoms with Crippen LogP contribution in [0.2, 0.25) is 0 Å². The third kappa shape index (κ3) is 67.5. The number of rotatable bonds is 65. The number of ether oxygens (including phenoxy) is 3. The predicted octanol–water partition coefficient (Wildman–Crippen LogP) is 24.4. The molecule has 0 rings (SSSR count). The van der Waals surface area contributed by atoms with Crippen molar-refractivity contribution in [2.45, 2.75) is 374 Å². The van der Waals surface area contributed by atoms with Gasteiger partial charge in [0.1, 0.15) is 13.2 Å². The molecule has 0 aliphatic rings. The van der Waals surface area contributed by atoms with Gasteiger partial charge in [0.25, 0.3) is 0 Å². The smallest absolute Gasteiger partial charge is 0.306 e. The number of carbonyl (C=O) groups is 3. The van der Waals surface area contributed by atoms with Crippen LogP contribution >= 0.6 is 0 Å². The number of allylic oxidation sites excluding steroid dienone is 12. The van der Waals surface area contributed by atoms with Gasteiger partial charge in [-0.25, -0.2) is 0 Å². The molecule has 0 aliphatic heterocycles. The quantitative estimate of drug-likeness (QED) is 0.0261. The number of hydrogen-bond donors (Lipinski definition) is 0. The van der Waals surface area contributed by atoms with Gasteiger partial charge in [0.15, 0.2) is 6.10 Å². The third-order valence-corrected chi connectivity index (χ3v) is 15.7. The molecule has 1 atom stereocenters. The summed E-state index contributed by atoms with van der Waals surface area (Å²) in [6.07, 6.45) is 90.6. The van der Waals surface area contributed by atoms with Crippen LogP contribution in [0.1, 0.15) is 367 Å². The van der Waals surface area contributed by atoms with Crippen LogP contribution in [0.3, 0.4) is 0 Å². The SMILES string of the molecule is CC/C=C\C/C=C\C/C=C\C/C=C\C/C=C\CCCCCCCCCC(=O)OCC(COC(=O)CCCCCCCCC/C=C\CCCCCCCC)OC(=O)CCCCCCCCCCCCCCCCCCCCCCCCC. The summed E-state index contributed by atoms with van der Waals surface area (Å²) in [5.74, 6) is -0.869. The molecule has 0 aromatic heterocycles. The van der Waals surface area contributed by atoms with Crippen molar-refractivity contribution in [3.8, 4) is 0 Å². The first-order chi connectivity index (χ1) is 40.0. The summed E-state index contributed by atoms with van der Waals surface area (Å²) in [6, 6.07) is 0. The van der Waals surface area contributed by atoms with Gasteiger partial charge in [-0.2, -0.15) is 0 Å². The summed E-state index contributed by atoms with van der Waals surface area (Å²) in [7, 11) is 0. The predicted molar refractivity (Wildman–Crippen MR) is 353 cm³/mol. The molecule has 0 aromatic carbocycles. The number of unbranched alkanes of at least 4 members (excludes halogenated alkanes) is 42. The average Bonchev–Trinajstić information content (AvgIpc) is 3.47. The van der Waals surface area contributed by atoms with Crippen molar-refractivity contribution in [2.75, 3.05) is 13.2 Å². The second-order valence-corrected chi connectivity index (χ2v) is 23.8. The van der Waals surface area contributed by atoms with Gasteiger partial charge in [-0.3, -0.25) is 14.4 Å². The minimum absolute atomic E-state index is 0.0776. The first-order valence-electron chi connectivity index (χ1n) is 35.4. The van der Waals surface area contributed by atoms with Gasteiger partial charge in [-0.1, -0.05) is 331 Å².